The summed E-state index contributed by atoms with van der Waals surface area (Å²) in [5.41, 5.74) is 2.77. The van der Waals surface area contributed by atoms with Crippen molar-refractivity contribution in [2.75, 3.05) is 6.54 Å². The van der Waals surface area contributed by atoms with E-state index in [1.165, 1.54) is 11.1 Å². The van der Waals surface area contributed by atoms with Gasteiger partial charge in [0.15, 0.2) is 0 Å². The molecule has 0 saturated heterocycles. The van der Waals surface area contributed by atoms with Gasteiger partial charge in [0.05, 0.1) is 6.54 Å². The van der Waals surface area contributed by atoms with Gasteiger partial charge in [-0.15, -0.1) is 0 Å². The van der Waals surface area contributed by atoms with Crippen molar-refractivity contribution in [1.29, 1.82) is 0 Å². The number of benzene rings is 2. The molecule has 2 amide bonds. The minimum absolute atomic E-state index is 0.0132. The Morgan fingerprint density at radius 1 is 1.00 bits per heavy atom. The molecule has 1 aliphatic rings. The second-order valence-electron chi connectivity index (χ2n) is 6.79. The summed E-state index contributed by atoms with van der Waals surface area (Å²) < 4.78 is 0. The van der Waals surface area contributed by atoms with E-state index in [0.717, 1.165) is 6.42 Å². The van der Waals surface area contributed by atoms with Gasteiger partial charge in [-0.1, -0.05) is 42.5 Å². The largest absolute Gasteiger partial charge is 0.343 e. The predicted octanol–water partition coefficient (Wildman–Crippen LogP) is 2.78. The molecule has 0 atom stereocenters. The van der Waals surface area contributed by atoms with E-state index >= 15 is 0 Å². The van der Waals surface area contributed by atoms with E-state index in [2.05, 4.69) is 31.3 Å². The number of amides is 2. The molecular weight excluding hydrogens is 300 g/mol. The van der Waals surface area contributed by atoms with Gasteiger partial charge < -0.3 is 10.2 Å². The molecule has 0 aromatic heterocycles. The number of carbonyl (C=O) groups is 2. The third-order valence-corrected chi connectivity index (χ3v) is 4.54. The van der Waals surface area contributed by atoms with Crippen LogP contribution in [0.15, 0.2) is 54.6 Å². The number of fused-ring (bicyclic) bond motifs is 1. The Morgan fingerprint density at radius 2 is 1.62 bits per heavy atom. The van der Waals surface area contributed by atoms with Gasteiger partial charge in [0.1, 0.15) is 0 Å². The van der Waals surface area contributed by atoms with Crippen LogP contribution in [0.5, 0.6) is 0 Å². The highest BCUT2D eigenvalue weighted by molar-refractivity contribution is 5.96. The fourth-order valence-corrected chi connectivity index (χ4v) is 3.20. The predicted molar refractivity (Wildman–Crippen MR) is 93.6 cm³/mol. The number of rotatable bonds is 3. The van der Waals surface area contributed by atoms with Gasteiger partial charge in [-0.2, -0.15) is 0 Å². The first-order valence-corrected chi connectivity index (χ1v) is 8.18. The van der Waals surface area contributed by atoms with E-state index in [1.807, 2.05) is 23.1 Å². The summed E-state index contributed by atoms with van der Waals surface area (Å²) in [6.07, 6.45) is 0.821. The molecule has 2 aromatic carbocycles. The van der Waals surface area contributed by atoms with Crippen molar-refractivity contribution < 1.29 is 9.59 Å². The Kier molecular flexibility index (Phi) is 4.38. The van der Waals surface area contributed by atoms with Crippen molar-refractivity contribution in [3.05, 3.63) is 71.3 Å². The standard InChI is InChI=1S/C20H22N2O2/c1-20(2)12-16-10-6-7-11-17(16)14-22(20)18(23)13-21-19(24)15-8-4-3-5-9-15/h3-11H,12-14H2,1-2H3,(H,21,24). The smallest absolute Gasteiger partial charge is 0.251 e. The summed E-state index contributed by atoms with van der Waals surface area (Å²) in [7, 11) is 0. The number of nitrogens with one attached hydrogen (secondary N) is 1. The minimum Gasteiger partial charge on any atom is -0.343 e. The van der Waals surface area contributed by atoms with Crippen LogP contribution in [0.1, 0.15) is 35.3 Å². The Bertz CT molecular complexity index is 753. The van der Waals surface area contributed by atoms with Crippen LogP contribution in [0, 0.1) is 0 Å². The lowest BCUT2D eigenvalue weighted by Crippen LogP contribution is -2.54. The summed E-state index contributed by atoms with van der Waals surface area (Å²) >= 11 is 0. The topological polar surface area (TPSA) is 49.4 Å². The lowest BCUT2D eigenvalue weighted by atomic mass is 9.85. The van der Waals surface area contributed by atoms with Crippen LogP contribution in [0.25, 0.3) is 0 Å². The average molecular weight is 322 g/mol. The molecule has 4 heteroatoms. The first-order chi connectivity index (χ1) is 11.5. The summed E-state index contributed by atoms with van der Waals surface area (Å²) in [6.45, 7) is 4.74. The van der Waals surface area contributed by atoms with E-state index in [1.54, 1.807) is 24.3 Å². The molecule has 1 N–H and O–H groups in total. The Labute approximate surface area is 142 Å². The molecule has 2 aromatic rings. The number of hydrogen-bond donors (Lipinski definition) is 1. The van der Waals surface area contributed by atoms with E-state index < -0.39 is 0 Å². The minimum atomic E-state index is -0.261. The van der Waals surface area contributed by atoms with Crippen LogP contribution in [0.3, 0.4) is 0 Å². The van der Waals surface area contributed by atoms with E-state index in [0.29, 0.717) is 12.1 Å². The quantitative estimate of drug-likeness (QED) is 0.944. The lowest BCUT2D eigenvalue weighted by molar-refractivity contribution is -0.136. The van der Waals surface area contributed by atoms with Crippen LogP contribution >= 0.6 is 0 Å². The highest BCUT2D eigenvalue weighted by atomic mass is 16.2. The summed E-state index contributed by atoms with van der Waals surface area (Å²) in [4.78, 5) is 26.6. The maximum absolute atomic E-state index is 12.7. The third-order valence-electron chi connectivity index (χ3n) is 4.54. The van der Waals surface area contributed by atoms with Gasteiger partial charge in [-0.3, -0.25) is 9.59 Å². The van der Waals surface area contributed by atoms with Gasteiger partial charge in [0.2, 0.25) is 5.91 Å². The molecule has 0 aliphatic carbocycles. The molecule has 4 nitrogen and oxygen atoms in total. The fourth-order valence-electron chi connectivity index (χ4n) is 3.20. The normalized spacial score (nSPS) is 15.5. The van der Waals surface area contributed by atoms with Crippen molar-refractivity contribution in [1.82, 2.24) is 10.2 Å². The molecule has 3 rings (SSSR count). The molecule has 124 valence electrons. The molecule has 1 aliphatic heterocycles. The molecule has 0 spiro atoms. The number of hydrogen-bond acceptors (Lipinski definition) is 2. The van der Waals surface area contributed by atoms with Crippen LogP contribution < -0.4 is 5.32 Å². The maximum Gasteiger partial charge on any atom is 0.251 e. The molecule has 0 radical (unpaired) electrons. The highest BCUT2D eigenvalue weighted by Crippen LogP contribution is 2.30. The maximum atomic E-state index is 12.7. The fraction of sp³-hybridized carbons (Fsp3) is 0.300. The van der Waals surface area contributed by atoms with Crippen molar-refractivity contribution in [3.8, 4) is 0 Å². The zero-order valence-corrected chi connectivity index (χ0v) is 14.1. The third kappa shape index (κ3) is 3.32. The second kappa shape index (κ2) is 6.48. The van der Waals surface area contributed by atoms with Crippen LogP contribution in [-0.4, -0.2) is 28.8 Å². The van der Waals surface area contributed by atoms with Gasteiger partial charge in [-0.05, 0) is 43.5 Å². The lowest BCUT2D eigenvalue weighted by Gasteiger charge is -2.43. The summed E-state index contributed by atoms with van der Waals surface area (Å²) in [5, 5.41) is 2.73. The van der Waals surface area contributed by atoms with Crippen molar-refractivity contribution in [3.63, 3.8) is 0 Å². The number of nitrogens with zero attached hydrogens (tertiary/aromatic N) is 1. The molecule has 0 unspecified atom stereocenters. The Balaban J connectivity index is 1.68. The highest BCUT2D eigenvalue weighted by Gasteiger charge is 2.35. The van der Waals surface area contributed by atoms with Crippen LogP contribution in [0.2, 0.25) is 0 Å². The molecule has 24 heavy (non-hydrogen) atoms. The Hall–Kier alpha value is -2.62. The van der Waals surface area contributed by atoms with Crippen LogP contribution in [0.4, 0.5) is 0 Å². The van der Waals surface area contributed by atoms with E-state index in [-0.39, 0.29) is 23.9 Å². The average Bonchev–Trinajstić information content (AvgIpc) is 2.58. The first-order valence-electron chi connectivity index (χ1n) is 8.18. The van der Waals surface area contributed by atoms with Crippen molar-refractivity contribution >= 4 is 11.8 Å². The SMILES string of the molecule is CC1(C)Cc2ccccc2CN1C(=O)CNC(=O)c1ccccc1. The second-order valence-corrected chi connectivity index (χ2v) is 6.79. The molecule has 0 fully saturated rings. The number of carbonyl (C=O) groups excluding carboxylic acids is 2. The zero-order valence-electron chi connectivity index (χ0n) is 14.1. The Morgan fingerprint density at radius 3 is 2.33 bits per heavy atom. The van der Waals surface area contributed by atoms with E-state index in [9.17, 15) is 9.59 Å². The van der Waals surface area contributed by atoms with E-state index in [4.69, 9.17) is 0 Å². The summed E-state index contributed by atoms with van der Waals surface area (Å²) in [6, 6.07) is 17.2. The monoisotopic (exact) mass is 322 g/mol. The molecule has 0 saturated carbocycles. The molecule has 1 heterocycles. The molecular formula is C20H22N2O2. The summed E-state index contributed by atoms with van der Waals surface area (Å²) in [5.74, 6) is -0.280. The van der Waals surface area contributed by atoms with Gasteiger partial charge >= 0.3 is 0 Å². The van der Waals surface area contributed by atoms with Crippen LogP contribution in [-0.2, 0) is 17.8 Å². The van der Waals surface area contributed by atoms with Crippen molar-refractivity contribution in [2.24, 2.45) is 0 Å². The molecule has 0 bridgehead atoms. The van der Waals surface area contributed by atoms with Crippen molar-refractivity contribution in [2.45, 2.75) is 32.4 Å². The van der Waals surface area contributed by atoms with Gasteiger partial charge in [-0.25, -0.2) is 0 Å². The zero-order chi connectivity index (χ0) is 17.2. The van der Waals surface area contributed by atoms with Gasteiger partial charge in [0, 0.05) is 17.6 Å². The first kappa shape index (κ1) is 16.2. The van der Waals surface area contributed by atoms with Gasteiger partial charge in [0.25, 0.3) is 5.91 Å².